The van der Waals surface area contributed by atoms with Gasteiger partial charge in [0.15, 0.2) is 23.0 Å². The molecule has 3 aromatic carbocycles. The molecular formula is C30H30N2O5. The van der Waals surface area contributed by atoms with Crippen molar-refractivity contribution in [3.8, 4) is 23.0 Å². The Kier molecular flexibility index (Phi) is 8.97. The van der Waals surface area contributed by atoms with Crippen LogP contribution in [0, 0.1) is 0 Å². The lowest BCUT2D eigenvalue weighted by Gasteiger charge is -2.14. The Hall–Kier alpha value is -4.52. The maximum Gasteiger partial charge on any atom is 0.251 e. The molecule has 4 rings (SSSR count). The van der Waals surface area contributed by atoms with Gasteiger partial charge in [0.1, 0.15) is 13.2 Å². The van der Waals surface area contributed by atoms with Gasteiger partial charge in [0, 0.05) is 24.5 Å². The van der Waals surface area contributed by atoms with Crippen LogP contribution in [-0.4, -0.2) is 24.6 Å². The van der Waals surface area contributed by atoms with Gasteiger partial charge in [0.05, 0.1) is 13.7 Å². The molecule has 0 aliphatic carbocycles. The number of carbonyl (C=O) groups is 1. The first-order valence-electron chi connectivity index (χ1n) is 12.1. The van der Waals surface area contributed by atoms with Crippen molar-refractivity contribution in [1.29, 1.82) is 0 Å². The molecule has 1 N–H and O–H groups in total. The van der Waals surface area contributed by atoms with Gasteiger partial charge in [0.25, 0.3) is 5.91 Å². The minimum Gasteiger partial charge on any atom is -0.493 e. The highest BCUT2D eigenvalue weighted by atomic mass is 16.5. The van der Waals surface area contributed by atoms with Gasteiger partial charge in [-0.05, 0) is 66.1 Å². The van der Waals surface area contributed by atoms with Gasteiger partial charge in [-0.15, -0.1) is 0 Å². The Morgan fingerprint density at radius 1 is 0.730 bits per heavy atom. The maximum absolute atomic E-state index is 12.9. The first kappa shape index (κ1) is 25.6. The lowest BCUT2D eigenvalue weighted by atomic mass is 10.1. The van der Waals surface area contributed by atoms with Crippen LogP contribution in [0.4, 0.5) is 0 Å². The van der Waals surface area contributed by atoms with E-state index in [1.807, 2.05) is 67.6 Å². The van der Waals surface area contributed by atoms with Crippen molar-refractivity contribution < 1.29 is 23.7 Å². The molecule has 0 aliphatic heterocycles. The number of hydrogen-bond donors (Lipinski definition) is 1. The summed E-state index contributed by atoms with van der Waals surface area (Å²) in [6.45, 7) is 3.49. The molecule has 1 heterocycles. The second-order valence-electron chi connectivity index (χ2n) is 8.18. The fourth-order valence-corrected chi connectivity index (χ4v) is 3.64. The molecule has 0 radical (unpaired) electrons. The highest BCUT2D eigenvalue weighted by molar-refractivity contribution is 5.94. The third-order valence-electron chi connectivity index (χ3n) is 5.57. The van der Waals surface area contributed by atoms with Crippen LogP contribution in [0.5, 0.6) is 23.0 Å². The Balaban J connectivity index is 1.37. The monoisotopic (exact) mass is 498 g/mol. The largest absolute Gasteiger partial charge is 0.493 e. The fourth-order valence-electron chi connectivity index (χ4n) is 3.64. The zero-order valence-electron chi connectivity index (χ0n) is 21.0. The Morgan fingerprint density at radius 3 is 2.11 bits per heavy atom. The molecule has 0 unspecified atom stereocenters. The summed E-state index contributed by atoms with van der Waals surface area (Å²) in [5.74, 6) is 2.13. The molecule has 190 valence electrons. The molecule has 7 heteroatoms. The number of nitrogens with zero attached hydrogens (tertiary/aromatic N) is 1. The summed E-state index contributed by atoms with van der Waals surface area (Å²) in [7, 11) is 1.60. The number of hydrogen-bond acceptors (Lipinski definition) is 6. The van der Waals surface area contributed by atoms with E-state index in [9.17, 15) is 4.79 Å². The predicted octanol–water partition coefficient (Wildman–Crippen LogP) is 5.58. The molecule has 37 heavy (non-hydrogen) atoms. The molecule has 0 spiro atoms. The Labute approximate surface area is 217 Å². The van der Waals surface area contributed by atoms with Crippen LogP contribution in [-0.2, 0) is 19.8 Å². The second-order valence-corrected chi connectivity index (χ2v) is 8.18. The SMILES string of the molecule is CCOc1cc(C(=O)NCc2ccc(OCc3ccccc3)c(OC)c2)ccc1OCc1ccncc1. The summed E-state index contributed by atoms with van der Waals surface area (Å²) < 4.78 is 23.1. The summed E-state index contributed by atoms with van der Waals surface area (Å²) in [6, 6.07) is 24.5. The van der Waals surface area contributed by atoms with Crippen LogP contribution < -0.4 is 24.3 Å². The fraction of sp³-hybridized carbons (Fsp3) is 0.200. The van der Waals surface area contributed by atoms with E-state index in [4.69, 9.17) is 18.9 Å². The van der Waals surface area contributed by atoms with Gasteiger partial charge < -0.3 is 24.3 Å². The molecule has 0 saturated carbocycles. The highest BCUT2D eigenvalue weighted by Crippen LogP contribution is 2.30. The Bertz CT molecular complexity index is 1300. The number of benzene rings is 3. The number of methoxy groups -OCH3 is 1. The zero-order valence-corrected chi connectivity index (χ0v) is 21.0. The molecule has 0 bridgehead atoms. The normalized spacial score (nSPS) is 10.4. The van der Waals surface area contributed by atoms with Crippen molar-refractivity contribution in [1.82, 2.24) is 10.3 Å². The van der Waals surface area contributed by atoms with E-state index in [-0.39, 0.29) is 5.91 Å². The van der Waals surface area contributed by atoms with Crippen LogP contribution in [0.2, 0.25) is 0 Å². The molecule has 1 aromatic heterocycles. The number of carbonyl (C=O) groups excluding carboxylic acids is 1. The van der Waals surface area contributed by atoms with E-state index < -0.39 is 0 Å². The van der Waals surface area contributed by atoms with Gasteiger partial charge in [0.2, 0.25) is 0 Å². The van der Waals surface area contributed by atoms with Gasteiger partial charge in [-0.3, -0.25) is 9.78 Å². The highest BCUT2D eigenvalue weighted by Gasteiger charge is 2.13. The van der Waals surface area contributed by atoms with Gasteiger partial charge in [-0.2, -0.15) is 0 Å². The summed E-state index contributed by atoms with van der Waals surface area (Å²) >= 11 is 0. The number of ether oxygens (including phenoxy) is 4. The molecule has 4 aromatic rings. The number of aromatic nitrogens is 1. The van der Waals surface area contributed by atoms with Crippen molar-refractivity contribution in [3.63, 3.8) is 0 Å². The molecule has 0 atom stereocenters. The van der Waals surface area contributed by atoms with E-state index in [1.54, 1.807) is 37.7 Å². The smallest absolute Gasteiger partial charge is 0.251 e. The minimum atomic E-state index is -0.218. The van der Waals surface area contributed by atoms with E-state index in [0.717, 1.165) is 16.7 Å². The Morgan fingerprint density at radius 2 is 1.41 bits per heavy atom. The lowest BCUT2D eigenvalue weighted by Crippen LogP contribution is -2.22. The standard InChI is InChI=1S/C30H30N2O5/c1-3-35-29-18-25(10-12-27(29)37-21-23-13-15-31-16-14-23)30(33)32-19-24-9-11-26(28(17-24)34-2)36-20-22-7-5-4-6-8-22/h4-18H,3,19-21H2,1-2H3,(H,32,33). The van der Waals surface area contributed by atoms with Crippen molar-refractivity contribution in [3.05, 3.63) is 114 Å². The molecular weight excluding hydrogens is 468 g/mol. The van der Waals surface area contributed by atoms with Crippen LogP contribution in [0.25, 0.3) is 0 Å². The van der Waals surface area contributed by atoms with E-state index in [2.05, 4.69) is 10.3 Å². The third kappa shape index (κ3) is 7.24. The molecule has 7 nitrogen and oxygen atoms in total. The first-order valence-corrected chi connectivity index (χ1v) is 12.1. The van der Waals surface area contributed by atoms with Gasteiger partial charge >= 0.3 is 0 Å². The van der Waals surface area contributed by atoms with Crippen molar-refractivity contribution >= 4 is 5.91 Å². The zero-order chi connectivity index (χ0) is 25.9. The third-order valence-corrected chi connectivity index (χ3v) is 5.57. The minimum absolute atomic E-state index is 0.218. The maximum atomic E-state index is 12.9. The summed E-state index contributed by atoms with van der Waals surface area (Å²) in [5.41, 5.74) is 3.43. The van der Waals surface area contributed by atoms with Crippen LogP contribution in [0.15, 0.2) is 91.3 Å². The molecule has 0 aliphatic rings. The van der Waals surface area contributed by atoms with E-state index >= 15 is 0 Å². The molecule has 0 saturated heterocycles. The average Bonchev–Trinajstić information content (AvgIpc) is 2.95. The van der Waals surface area contributed by atoms with Crippen molar-refractivity contribution in [2.75, 3.05) is 13.7 Å². The van der Waals surface area contributed by atoms with E-state index in [0.29, 0.717) is 54.9 Å². The van der Waals surface area contributed by atoms with Gasteiger partial charge in [-0.1, -0.05) is 36.4 Å². The van der Waals surface area contributed by atoms with E-state index in [1.165, 1.54) is 0 Å². The number of amides is 1. The number of rotatable bonds is 12. The summed E-state index contributed by atoms with van der Waals surface area (Å²) in [5, 5.41) is 2.95. The first-order chi connectivity index (χ1) is 18.2. The van der Waals surface area contributed by atoms with Crippen molar-refractivity contribution in [2.24, 2.45) is 0 Å². The number of pyridine rings is 1. The van der Waals surface area contributed by atoms with Crippen molar-refractivity contribution in [2.45, 2.75) is 26.7 Å². The summed E-state index contributed by atoms with van der Waals surface area (Å²) in [6.07, 6.45) is 3.44. The average molecular weight is 499 g/mol. The lowest BCUT2D eigenvalue weighted by molar-refractivity contribution is 0.0950. The molecule has 0 fully saturated rings. The predicted molar refractivity (Wildman–Crippen MR) is 141 cm³/mol. The number of nitrogens with one attached hydrogen (secondary N) is 1. The topological polar surface area (TPSA) is 78.9 Å². The summed E-state index contributed by atoms with van der Waals surface area (Å²) in [4.78, 5) is 16.9. The van der Waals surface area contributed by atoms with Gasteiger partial charge in [-0.25, -0.2) is 0 Å². The molecule has 1 amide bonds. The van der Waals surface area contributed by atoms with Crippen LogP contribution >= 0.6 is 0 Å². The second kappa shape index (κ2) is 13.0. The van der Waals surface area contributed by atoms with Crippen LogP contribution in [0.3, 0.4) is 0 Å². The van der Waals surface area contributed by atoms with Crippen LogP contribution in [0.1, 0.15) is 34.0 Å². The quantitative estimate of drug-likeness (QED) is 0.275.